The Morgan fingerprint density at radius 2 is 2.15 bits per heavy atom. The lowest BCUT2D eigenvalue weighted by molar-refractivity contribution is 0.0115. The van der Waals surface area contributed by atoms with Gasteiger partial charge in [0.25, 0.3) is 10.1 Å². The zero-order chi connectivity index (χ0) is 14.2. The van der Waals surface area contributed by atoms with E-state index in [4.69, 9.17) is 18.7 Å². The summed E-state index contributed by atoms with van der Waals surface area (Å²) in [5.41, 5.74) is 0.834. The van der Waals surface area contributed by atoms with Crippen LogP contribution in [0.15, 0.2) is 23.6 Å². The Kier molecular flexibility index (Phi) is 3.38. The smallest absolute Gasteiger partial charge is 0.407 e. The first-order chi connectivity index (χ1) is 9.48. The van der Waals surface area contributed by atoms with Crippen LogP contribution < -0.4 is 8.92 Å². The minimum atomic E-state index is -3.61. The van der Waals surface area contributed by atoms with Gasteiger partial charge >= 0.3 is 5.97 Å². The number of rotatable bonds is 5. The predicted octanol–water partition coefficient (Wildman–Crippen LogP) is 1.67. The summed E-state index contributed by atoms with van der Waals surface area (Å²) in [6.07, 6.45) is 2.79. The normalized spacial score (nSPS) is 19.1. The highest BCUT2D eigenvalue weighted by Crippen LogP contribution is 2.42. The number of benzene rings is 1. The van der Waals surface area contributed by atoms with Crippen LogP contribution in [0.4, 0.5) is 0 Å². The van der Waals surface area contributed by atoms with E-state index in [2.05, 4.69) is 4.18 Å². The van der Waals surface area contributed by atoms with Crippen molar-refractivity contribution in [2.75, 3.05) is 12.9 Å². The van der Waals surface area contributed by atoms with E-state index < -0.39 is 22.7 Å². The molecule has 3 rings (SSSR count). The third-order valence-corrected chi connectivity index (χ3v) is 3.48. The quantitative estimate of drug-likeness (QED) is 0.351. The second kappa shape index (κ2) is 4.93. The van der Waals surface area contributed by atoms with Crippen LogP contribution in [0.25, 0.3) is 6.08 Å². The third-order valence-electron chi connectivity index (χ3n) is 2.43. The van der Waals surface area contributed by atoms with Crippen molar-refractivity contribution in [3.8, 4) is 11.5 Å². The van der Waals surface area contributed by atoms with Gasteiger partial charge in [-0.3, -0.25) is 4.18 Å². The molecular weight excluding hydrogens is 308 g/mol. The number of para-hydroxylation sites is 1. The number of ether oxygens (including phenoxy) is 1. The highest BCUT2D eigenvalue weighted by atomic mass is 32.2. The molecule has 2 aliphatic heterocycles. The molecule has 0 aliphatic carbocycles. The molecule has 9 heteroatoms. The van der Waals surface area contributed by atoms with E-state index in [-0.39, 0.29) is 0 Å². The van der Waals surface area contributed by atoms with Gasteiger partial charge < -0.3 is 8.92 Å². The lowest BCUT2D eigenvalue weighted by Crippen LogP contribution is -2.28. The van der Waals surface area contributed by atoms with Crippen LogP contribution in [0.3, 0.4) is 0 Å². The summed E-state index contributed by atoms with van der Waals surface area (Å²) in [5.74, 6) is -0.667. The highest BCUT2D eigenvalue weighted by molar-refractivity contribution is 7.98. The van der Waals surface area contributed by atoms with E-state index >= 15 is 0 Å². The van der Waals surface area contributed by atoms with Crippen molar-refractivity contribution >= 4 is 28.2 Å². The van der Waals surface area contributed by atoms with Crippen LogP contribution >= 0.6 is 12.0 Å². The SMILES string of the molecule is CS(=O)(=O)OCC1(Oc2cccc3c2OSC=C3)OO1. The fourth-order valence-electron chi connectivity index (χ4n) is 1.52. The van der Waals surface area contributed by atoms with Crippen LogP contribution in [0.1, 0.15) is 5.56 Å². The molecule has 1 aromatic carbocycles. The summed E-state index contributed by atoms with van der Waals surface area (Å²) < 4.78 is 37.4. The van der Waals surface area contributed by atoms with E-state index in [0.29, 0.717) is 11.5 Å². The van der Waals surface area contributed by atoms with E-state index in [1.165, 1.54) is 0 Å². The van der Waals surface area contributed by atoms with Gasteiger partial charge in [0, 0.05) is 11.0 Å². The summed E-state index contributed by atoms with van der Waals surface area (Å²) in [7, 11) is -3.61. The Labute approximate surface area is 119 Å². The van der Waals surface area contributed by atoms with Crippen molar-refractivity contribution < 1.29 is 31.3 Å². The lowest BCUT2D eigenvalue weighted by atomic mass is 10.2. The molecule has 0 bridgehead atoms. The molecule has 2 heterocycles. The monoisotopic (exact) mass is 318 g/mol. The van der Waals surface area contributed by atoms with Crippen LogP contribution in [0.2, 0.25) is 0 Å². The highest BCUT2D eigenvalue weighted by Gasteiger charge is 2.55. The number of fused-ring (bicyclic) bond motifs is 1. The van der Waals surface area contributed by atoms with E-state index in [0.717, 1.165) is 23.9 Å². The van der Waals surface area contributed by atoms with Gasteiger partial charge in [0.1, 0.15) is 0 Å². The maximum absolute atomic E-state index is 11.0. The fourth-order valence-corrected chi connectivity index (χ4v) is 2.41. The van der Waals surface area contributed by atoms with Crippen molar-refractivity contribution in [1.82, 2.24) is 0 Å². The largest absolute Gasteiger partial charge is 0.430 e. The number of hydrogen-bond donors (Lipinski definition) is 0. The van der Waals surface area contributed by atoms with Gasteiger partial charge in [0.15, 0.2) is 18.1 Å². The Morgan fingerprint density at radius 3 is 2.85 bits per heavy atom. The molecule has 20 heavy (non-hydrogen) atoms. The van der Waals surface area contributed by atoms with E-state index in [1.807, 2.05) is 12.1 Å². The topological polar surface area (TPSA) is 86.9 Å². The molecule has 0 saturated carbocycles. The van der Waals surface area contributed by atoms with Crippen molar-refractivity contribution in [2.24, 2.45) is 0 Å². The second-order valence-electron chi connectivity index (χ2n) is 4.07. The minimum absolute atomic E-state index is 0.369. The molecule has 0 unspecified atom stereocenters. The maximum Gasteiger partial charge on any atom is 0.407 e. The Bertz CT molecular complexity index is 649. The van der Waals surface area contributed by atoms with Crippen molar-refractivity contribution in [3.05, 3.63) is 29.2 Å². The molecule has 1 saturated heterocycles. The summed E-state index contributed by atoms with van der Waals surface area (Å²) in [6, 6.07) is 5.28. The van der Waals surface area contributed by atoms with Gasteiger partial charge in [-0.05, 0) is 12.1 Å². The molecule has 0 amide bonds. The number of hydrogen-bond acceptors (Lipinski definition) is 8. The molecule has 1 fully saturated rings. The first-order valence-corrected chi connectivity index (χ1v) is 8.13. The first kappa shape index (κ1) is 13.7. The van der Waals surface area contributed by atoms with Gasteiger partial charge in [-0.2, -0.15) is 8.42 Å². The Hall–Kier alpha value is -1.26. The Balaban J connectivity index is 1.77. The molecule has 0 N–H and O–H groups in total. The van der Waals surface area contributed by atoms with Crippen LogP contribution in [0.5, 0.6) is 11.5 Å². The minimum Gasteiger partial charge on any atom is -0.430 e. The second-order valence-corrected chi connectivity index (χ2v) is 6.35. The zero-order valence-corrected chi connectivity index (χ0v) is 11.9. The van der Waals surface area contributed by atoms with Gasteiger partial charge in [0.2, 0.25) is 0 Å². The van der Waals surface area contributed by atoms with Gasteiger partial charge in [-0.15, -0.1) is 9.78 Å². The molecule has 0 atom stereocenters. The van der Waals surface area contributed by atoms with Crippen LogP contribution in [-0.4, -0.2) is 27.3 Å². The summed E-state index contributed by atoms with van der Waals surface area (Å²) in [4.78, 5) is 9.39. The fraction of sp³-hybridized carbons (Fsp3) is 0.273. The lowest BCUT2D eigenvalue weighted by Gasteiger charge is -2.16. The molecule has 0 spiro atoms. The molecule has 1 aromatic rings. The molecule has 0 aromatic heterocycles. The van der Waals surface area contributed by atoms with Crippen LogP contribution in [-0.2, 0) is 24.1 Å². The van der Waals surface area contributed by atoms with Crippen molar-refractivity contribution in [2.45, 2.75) is 5.97 Å². The third kappa shape index (κ3) is 3.07. The molecule has 0 radical (unpaired) electrons. The average Bonchev–Trinajstić information content (AvgIpc) is 3.17. The Morgan fingerprint density at radius 1 is 1.35 bits per heavy atom. The molecular formula is C11H10O7S2. The first-order valence-electron chi connectivity index (χ1n) is 5.51. The van der Waals surface area contributed by atoms with E-state index in [1.54, 1.807) is 17.5 Å². The van der Waals surface area contributed by atoms with Gasteiger partial charge in [-0.25, -0.2) is 0 Å². The predicted molar refractivity (Wildman–Crippen MR) is 70.0 cm³/mol. The zero-order valence-electron chi connectivity index (χ0n) is 10.3. The summed E-state index contributed by atoms with van der Waals surface area (Å²) >= 11 is 1.15. The summed E-state index contributed by atoms with van der Waals surface area (Å²) in [6.45, 7) is -0.404. The summed E-state index contributed by atoms with van der Waals surface area (Å²) in [5, 5.41) is 1.79. The van der Waals surface area contributed by atoms with Gasteiger partial charge in [-0.1, -0.05) is 12.1 Å². The molecule has 2 aliphatic rings. The van der Waals surface area contributed by atoms with Crippen molar-refractivity contribution in [3.63, 3.8) is 0 Å². The van der Waals surface area contributed by atoms with Crippen molar-refractivity contribution in [1.29, 1.82) is 0 Å². The molecule has 7 nitrogen and oxygen atoms in total. The van der Waals surface area contributed by atoms with E-state index in [9.17, 15) is 8.42 Å². The van der Waals surface area contributed by atoms with Crippen LogP contribution in [0, 0.1) is 0 Å². The average molecular weight is 318 g/mol. The standard InChI is InChI=1S/C11H10O7S2/c1-20(12,13)14-7-11(17-18-11)15-9-4-2-3-8-5-6-19-16-10(8)9/h2-6H,7H2,1H3. The maximum atomic E-state index is 11.0. The molecule has 108 valence electrons. The van der Waals surface area contributed by atoms with Gasteiger partial charge in [0.05, 0.1) is 18.3 Å².